The highest BCUT2D eigenvalue weighted by Gasteiger charge is 2.51. The van der Waals surface area contributed by atoms with Gasteiger partial charge in [-0.25, -0.2) is 0 Å². The normalized spacial score (nSPS) is 21.1. The lowest BCUT2D eigenvalue weighted by molar-refractivity contribution is 0.00578. The smallest absolute Gasteiger partial charge is 0.399 e. The van der Waals surface area contributed by atoms with E-state index >= 15 is 0 Å². The van der Waals surface area contributed by atoms with Crippen molar-refractivity contribution in [3.63, 3.8) is 0 Å². The van der Waals surface area contributed by atoms with Crippen LogP contribution in [0.1, 0.15) is 33.3 Å². The van der Waals surface area contributed by atoms with E-state index in [4.69, 9.17) is 9.31 Å². The summed E-state index contributed by atoms with van der Waals surface area (Å²) in [6, 6.07) is 8.44. The zero-order valence-electron chi connectivity index (χ0n) is 12.9. The van der Waals surface area contributed by atoms with E-state index in [2.05, 4.69) is 71.0 Å². The number of hydrogen-bond acceptors (Lipinski definition) is 3. The first kappa shape index (κ1) is 14.6. The summed E-state index contributed by atoms with van der Waals surface area (Å²) >= 11 is 0. The summed E-state index contributed by atoms with van der Waals surface area (Å²) in [6.07, 6.45) is 0. The Morgan fingerprint density at radius 2 is 1.63 bits per heavy atom. The van der Waals surface area contributed by atoms with Crippen LogP contribution in [0.2, 0.25) is 0 Å². The molecule has 0 atom stereocenters. The van der Waals surface area contributed by atoms with Crippen molar-refractivity contribution in [3.8, 4) is 0 Å². The molecule has 0 radical (unpaired) electrons. The van der Waals surface area contributed by atoms with Crippen molar-refractivity contribution in [3.05, 3.63) is 29.8 Å². The highest BCUT2D eigenvalue weighted by Crippen LogP contribution is 2.36. The number of nitrogens with zero attached hydrogens (tertiary/aromatic N) is 1. The van der Waals surface area contributed by atoms with E-state index in [-0.39, 0.29) is 18.3 Å². The molecule has 1 aromatic rings. The number of benzene rings is 1. The van der Waals surface area contributed by atoms with Gasteiger partial charge in [-0.05, 0) is 52.8 Å². The van der Waals surface area contributed by atoms with Crippen LogP contribution >= 0.6 is 0 Å². The zero-order chi connectivity index (χ0) is 14.3. The molecular formula is C15H24BNO2. The third kappa shape index (κ3) is 3.02. The molecule has 1 aliphatic heterocycles. The average molecular weight is 261 g/mol. The van der Waals surface area contributed by atoms with E-state index in [0.717, 1.165) is 12.0 Å². The largest absolute Gasteiger partial charge is 0.494 e. The Morgan fingerprint density at radius 3 is 2.16 bits per heavy atom. The van der Waals surface area contributed by atoms with Crippen LogP contribution in [0.5, 0.6) is 0 Å². The van der Waals surface area contributed by atoms with Crippen LogP contribution < -0.4 is 5.46 Å². The lowest BCUT2D eigenvalue weighted by atomic mass is 9.78. The Kier molecular flexibility index (Phi) is 3.78. The van der Waals surface area contributed by atoms with Crippen molar-refractivity contribution in [2.75, 3.05) is 14.1 Å². The van der Waals surface area contributed by atoms with Crippen molar-refractivity contribution in [2.45, 2.75) is 45.4 Å². The molecule has 19 heavy (non-hydrogen) atoms. The molecule has 104 valence electrons. The van der Waals surface area contributed by atoms with Gasteiger partial charge in [0, 0.05) is 6.54 Å². The highest BCUT2D eigenvalue weighted by molar-refractivity contribution is 6.62. The maximum atomic E-state index is 6.07. The summed E-state index contributed by atoms with van der Waals surface area (Å²) in [5.41, 5.74) is 1.81. The minimum absolute atomic E-state index is 0.271. The van der Waals surface area contributed by atoms with Gasteiger partial charge < -0.3 is 14.2 Å². The molecule has 1 saturated heterocycles. The summed E-state index contributed by atoms with van der Waals surface area (Å²) in [4.78, 5) is 2.16. The molecule has 4 heteroatoms. The van der Waals surface area contributed by atoms with E-state index in [1.807, 2.05) is 0 Å². The van der Waals surface area contributed by atoms with Crippen molar-refractivity contribution >= 4 is 12.6 Å². The summed E-state index contributed by atoms with van der Waals surface area (Å²) < 4.78 is 12.1. The first-order valence-electron chi connectivity index (χ1n) is 6.80. The molecule has 3 nitrogen and oxygen atoms in total. The van der Waals surface area contributed by atoms with Gasteiger partial charge in [0.1, 0.15) is 0 Å². The van der Waals surface area contributed by atoms with Crippen LogP contribution in [0, 0.1) is 0 Å². The van der Waals surface area contributed by atoms with E-state index in [9.17, 15) is 0 Å². The van der Waals surface area contributed by atoms with Crippen LogP contribution in [0.25, 0.3) is 0 Å². The van der Waals surface area contributed by atoms with Crippen molar-refractivity contribution in [2.24, 2.45) is 0 Å². The fraction of sp³-hybridized carbons (Fsp3) is 0.600. The Hall–Kier alpha value is -0.835. The van der Waals surface area contributed by atoms with E-state index in [1.165, 1.54) is 5.56 Å². The second-order valence-electron chi connectivity index (χ2n) is 6.57. The molecule has 0 amide bonds. The predicted molar refractivity (Wildman–Crippen MR) is 79.5 cm³/mol. The average Bonchev–Trinajstić information content (AvgIpc) is 2.47. The molecule has 1 aliphatic rings. The molecule has 1 heterocycles. The minimum atomic E-state index is -0.283. The molecule has 1 aromatic carbocycles. The molecule has 0 aliphatic carbocycles. The standard InChI is InChI=1S/C15H24BNO2/c1-14(2)15(3,4)19-16(18-14)13-9-7-8-12(10-13)11-17(5)6/h7-10H,11H2,1-6H3. The fourth-order valence-electron chi connectivity index (χ4n) is 2.18. The summed E-state index contributed by atoms with van der Waals surface area (Å²) in [5, 5.41) is 0. The number of hydrogen-bond donors (Lipinski definition) is 0. The summed E-state index contributed by atoms with van der Waals surface area (Å²) in [6.45, 7) is 9.24. The maximum Gasteiger partial charge on any atom is 0.494 e. The van der Waals surface area contributed by atoms with Crippen LogP contribution in [-0.2, 0) is 15.9 Å². The Labute approximate surface area is 117 Å². The SMILES string of the molecule is CN(C)Cc1cccc(B2OC(C)(C)C(C)(C)O2)c1. The van der Waals surface area contributed by atoms with Crippen molar-refractivity contribution in [1.29, 1.82) is 0 Å². The molecule has 1 fully saturated rings. The second kappa shape index (κ2) is 4.93. The zero-order valence-corrected chi connectivity index (χ0v) is 12.9. The van der Waals surface area contributed by atoms with Gasteiger partial charge in [-0.2, -0.15) is 0 Å². The molecule has 0 bridgehead atoms. The van der Waals surface area contributed by atoms with Crippen LogP contribution in [-0.4, -0.2) is 37.3 Å². The third-order valence-electron chi connectivity index (χ3n) is 3.98. The summed E-state index contributed by atoms with van der Waals surface area (Å²) in [7, 11) is 3.87. The Morgan fingerprint density at radius 1 is 1.05 bits per heavy atom. The fourth-order valence-corrected chi connectivity index (χ4v) is 2.18. The topological polar surface area (TPSA) is 21.7 Å². The maximum absolute atomic E-state index is 6.07. The molecular weight excluding hydrogens is 237 g/mol. The second-order valence-corrected chi connectivity index (χ2v) is 6.57. The molecule has 0 unspecified atom stereocenters. The summed E-state index contributed by atoms with van der Waals surface area (Å²) in [5.74, 6) is 0. The quantitative estimate of drug-likeness (QED) is 0.777. The van der Waals surface area contributed by atoms with Gasteiger partial charge in [0.2, 0.25) is 0 Å². The van der Waals surface area contributed by atoms with Crippen LogP contribution in [0.4, 0.5) is 0 Å². The molecule has 0 aromatic heterocycles. The Bertz CT molecular complexity index is 441. The van der Waals surface area contributed by atoms with E-state index in [0.29, 0.717) is 0 Å². The molecule has 0 N–H and O–H groups in total. The van der Waals surface area contributed by atoms with Crippen molar-refractivity contribution < 1.29 is 9.31 Å². The van der Waals surface area contributed by atoms with E-state index < -0.39 is 0 Å². The monoisotopic (exact) mass is 261 g/mol. The first-order chi connectivity index (χ1) is 8.71. The van der Waals surface area contributed by atoms with Gasteiger partial charge in [0.25, 0.3) is 0 Å². The third-order valence-corrected chi connectivity index (χ3v) is 3.98. The number of rotatable bonds is 3. The van der Waals surface area contributed by atoms with Gasteiger partial charge in [-0.15, -0.1) is 0 Å². The Balaban J connectivity index is 2.20. The first-order valence-corrected chi connectivity index (χ1v) is 6.80. The minimum Gasteiger partial charge on any atom is -0.399 e. The van der Waals surface area contributed by atoms with Crippen LogP contribution in [0.15, 0.2) is 24.3 Å². The molecule has 0 spiro atoms. The highest BCUT2D eigenvalue weighted by atomic mass is 16.7. The lowest BCUT2D eigenvalue weighted by Crippen LogP contribution is -2.41. The van der Waals surface area contributed by atoms with Crippen molar-refractivity contribution in [1.82, 2.24) is 4.90 Å². The van der Waals surface area contributed by atoms with Crippen LogP contribution in [0.3, 0.4) is 0 Å². The van der Waals surface area contributed by atoms with Gasteiger partial charge in [0.15, 0.2) is 0 Å². The van der Waals surface area contributed by atoms with Gasteiger partial charge in [0.05, 0.1) is 11.2 Å². The molecule has 0 saturated carbocycles. The lowest BCUT2D eigenvalue weighted by Gasteiger charge is -2.32. The van der Waals surface area contributed by atoms with Gasteiger partial charge >= 0.3 is 7.12 Å². The van der Waals surface area contributed by atoms with Gasteiger partial charge in [-0.3, -0.25) is 0 Å². The molecule has 2 rings (SSSR count). The van der Waals surface area contributed by atoms with Gasteiger partial charge in [-0.1, -0.05) is 24.3 Å². The predicted octanol–water partition coefficient (Wildman–Crippen LogP) is 2.05. The van der Waals surface area contributed by atoms with E-state index in [1.54, 1.807) is 0 Å².